The van der Waals surface area contributed by atoms with E-state index in [2.05, 4.69) is 37.6 Å². The van der Waals surface area contributed by atoms with Gasteiger partial charge in [0, 0.05) is 6.92 Å². The van der Waals surface area contributed by atoms with Gasteiger partial charge < -0.3 is 5.11 Å². The van der Waals surface area contributed by atoms with Crippen molar-refractivity contribution >= 4 is 32.4 Å². The summed E-state index contributed by atoms with van der Waals surface area (Å²) in [6.45, 7) is 10.5. The molecule has 24 heavy (non-hydrogen) atoms. The van der Waals surface area contributed by atoms with Gasteiger partial charge in [-0.2, -0.15) is 0 Å². The first-order chi connectivity index (χ1) is 11.2. The van der Waals surface area contributed by atoms with E-state index < -0.39 is 24.3 Å². The summed E-state index contributed by atoms with van der Waals surface area (Å²) in [6.07, 6.45) is 11.9. The van der Waals surface area contributed by atoms with Gasteiger partial charge in [-0.25, -0.2) is 0 Å². The SMILES string of the molecule is CC(=O)O.CC(C)CCCCC[SH](CCCCCC(C)C)[SnH]([CH3])[CH3]. The average molecular weight is 469 g/mol. The molecule has 0 aromatic rings. The van der Waals surface area contributed by atoms with Crippen LogP contribution in [0.2, 0.25) is 9.88 Å². The van der Waals surface area contributed by atoms with Gasteiger partial charge in [0.2, 0.25) is 0 Å². The Morgan fingerprint density at radius 2 is 1.17 bits per heavy atom. The molecule has 0 aliphatic rings. The number of carboxylic acids is 1. The molecule has 4 heteroatoms. The van der Waals surface area contributed by atoms with Gasteiger partial charge in [-0.05, 0) is 0 Å². The molecule has 0 unspecified atom stereocenters. The van der Waals surface area contributed by atoms with Gasteiger partial charge in [-0.15, -0.1) is 0 Å². The number of rotatable bonds is 13. The fourth-order valence-electron chi connectivity index (χ4n) is 2.72. The molecular formula is C20H46O2SSn. The van der Waals surface area contributed by atoms with Crippen molar-refractivity contribution in [3.8, 4) is 0 Å². The summed E-state index contributed by atoms with van der Waals surface area (Å²) in [5.74, 6) is 4.24. The van der Waals surface area contributed by atoms with Crippen LogP contribution in [-0.2, 0) is 4.79 Å². The topological polar surface area (TPSA) is 37.3 Å². The van der Waals surface area contributed by atoms with E-state index in [0.717, 1.165) is 18.8 Å². The van der Waals surface area contributed by atoms with Gasteiger partial charge in [0.15, 0.2) is 0 Å². The van der Waals surface area contributed by atoms with Crippen molar-refractivity contribution in [3.05, 3.63) is 0 Å². The van der Waals surface area contributed by atoms with Crippen molar-refractivity contribution in [1.82, 2.24) is 0 Å². The number of hydrogen-bond donors (Lipinski definition) is 2. The number of carbonyl (C=O) groups is 1. The molecule has 0 fully saturated rings. The first kappa shape index (κ1) is 26.8. The Morgan fingerprint density at radius 1 is 0.833 bits per heavy atom. The van der Waals surface area contributed by atoms with Crippen LogP contribution >= 0.6 is 8.08 Å². The molecule has 0 atom stereocenters. The van der Waals surface area contributed by atoms with E-state index in [1.165, 1.54) is 38.5 Å². The number of thiol groups is 1. The third-order valence-corrected chi connectivity index (χ3v) is 24.4. The maximum atomic E-state index is 9.00. The van der Waals surface area contributed by atoms with Crippen molar-refractivity contribution in [2.45, 2.75) is 95.9 Å². The van der Waals surface area contributed by atoms with Crippen molar-refractivity contribution in [2.24, 2.45) is 11.8 Å². The molecule has 0 amide bonds. The quantitative estimate of drug-likeness (QED) is 0.184. The van der Waals surface area contributed by atoms with Gasteiger partial charge in [-0.1, -0.05) is 0 Å². The summed E-state index contributed by atoms with van der Waals surface area (Å²) in [7, 11) is 0.526. The molecule has 0 heterocycles. The van der Waals surface area contributed by atoms with E-state index in [1.54, 1.807) is 24.3 Å². The zero-order valence-corrected chi connectivity index (χ0v) is 21.8. The molecule has 148 valence electrons. The second-order valence-electron chi connectivity index (χ2n) is 8.14. The minimum atomic E-state index is -1.03. The van der Waals surface area contributed by atoms with Gasteiger partial charge >= 0.3 is 139 Å². The standard InChI is InChI=1S/C16H34S.C2H4O2.2CH3.Sn.H/c1-15(2)11-7-5-9-13-17-14-10-6-8-12-16(3)4;1-2(3)4;;;;/h15-16H,5-14H2,1-4H3;1H3,(H,3,4);2*1H3;;/q;;;;-1;/p+1. The van der Waals surface area contributed by atoms with E-state index in [0.29, 0.717) is 8.08 Å². The van der Waals surface area contributed by atoms with Crippen molar-refractivity contribution < 1.29 is 9.90 Å². The Hall–Kier alpha value is 0.619. The van der Waals surface area contributed by atoms with E-state index in [9.17, 15) is 0 Å². The van der Waals surface area contributed by atoms with Crippen molar-refractivity contribution in [1.29, 1.82) is 0 Å². The van der Waals surface area contributed by atoms with Crippen LogP contribution in [0.1, 0.15) is 86.0 Å². The van der Waals surface area contributed by atoms with E-state index in [1.807, 2.05) is 0 Å². The zero-order valence-electron chi connectivity index (χ0n) is 17.6. The number of carboxylic acid groups (broad SMARTS) is 1. The Balaban J connectivity index is 0. The van der Waals surface area contributed by atoms with Crippen LogP contribution in [0, 0.1) is 11.8 Å². The van der Waals surface area contributed by atoms with Gasteiger partial charge in [-0.3, -0.25) is 4.79 Å². The molecule has 1 N–H and O–H groups in total. The Kier molecular flexibility index (Phi) is 20.6. The maximum absolute atomic E-state index is 9.00. The van der Waals surface area contributed by atoms with Crippen LogP contribution in [0.5, 0.6) is 0 Å². The van der Waals surface area contributed by atoms with E-state index in [4.69, 9.17) is 9.90 Å². The average Bonchev–Trinajstić information content (AvgIpc) is 2.42. The summed E-state index contributed by atoms with van der Waals surface area (Å²) in [5, 5.41) is 7.42. The van der Waals surface area contributed by atoms with Crippen LogP contribution in [0.25, 0.3) is 0 Å². The monoisotopic (exact) mass is 470 g/mol. The molecule has 0 aromatic carbocycles. The Labute approximate surface area is 161 Å². The van der Waals surface area contributed by atoms with Crippen molar-refractivity contribution in [2.75, 3.05) is 11.5 Å². The molecule has 0 saturated heterocycles. The molecular weight excluding hydrogens is 423 g/mol. The Bertz CT molecular complexity index is 259. The normalized spacial score (nSPS) is 11.7. The summed E-state index contributed by atoms with van der Waals surface area (Å²) < 4.78 is 0. The fourth-order valence-corrected chi connectivity index (χ4v) is 17.2. The summed E-state index contributed by atoms with van der Waals surface area (Å²) in [4.78, 5) is 14.3. The molecule has 0 bridgehead atoms. The molecule has 0 aromatic heterocycles. The van der Waals surface area contributed by atoms with Crippen molar-refractivity contribution in [3.63, 3.8) is 0 Å². The minimum absolute atomic E-state index is 0.526. The van der Waals surface area contributed by atoms with Crippen LogP contribution in [0.15, 0.2) is 0 Å². The summed E-state index contributed by atoms with van der Waals surface area (Å²) in [6, 6.07) is 0. The zero-order chi connectivity index (χ0) is 19.0. The third-order valence-electron chi connectivity index (χ3n) is 4.18. The second kappa shape index (κ2) is 18.4. The van der Waals surface area contributed by atoms with Gasteiger partial charge in [0.1, 0.15) is 0 Å². The summed E-state index contributed by atoms with van der Waals surface area (Å²) in [5.41, 5.74) is 0. The number of aliphatic carboxylic acids is 1. The summed E-state index contributed by atoms with van der Waals surface area (Å²) >= 11 is -1.03. The molecule has 0 aliphatic heterocycles. The second-order valence-corrected chi connectivity index (χ2v) is 29.6. The molecule has 0 spiro atoms. The predicted molar refractivity (Wildman–Crippen MR) is 118 cm³/mol. The predicted octanol–water partition coefficient (Wildman–Crippen LogP) is 6.49. The molecule has 0 rings (SSSR count). The molecule has 0 aliphatic carbocycles. The van der Waals surface area contributed by atoms with Crippen LogP contribution in [0.3, 0.4) is 0 Å². The molecule has 0 saturated carbocycles. The van der Waals surface area contributed by atoms with E-state index >= 15 is 0 Å². The Morgan fingerprint density at radius 3 is 1.42 bits per heavy atom. The number of unbranched alkanes of at least 4 members (excludes halogenated alkanes) is 4. The van der Waals surface area contributed by atoms with Crippen LogP contribution in [-0.4, -0.2) is 41.0 Å². The fraction of sp³-hybridized carbons (Fsp3) is 0.950. The first-order valence-electron chi connectivity index (χ1n) is 10.1. The third kappa shape index (κ3) is 24.9. The van der Waals surface area contributed by atoms with E-state index in [-0.39, 0.29) is 0 Å². The van der Waals surface area contributed by atoms with Gasteiger partial charge in [0.25, 0.3) is 5.97 Å². The molecule has 2 nitrogen and oxygen atoms in total. The number of hydrogen-bond acceptors (Lipinski definition) is 1. The first-order valence-corrected chi connectivity index (χ1v) is 22.9. The van der Waals surface area contributed by atoms with Gasteiger partial charge in [0.05, 0.1) is 0 Å². The van der Waals surface area contributed by atoms with Crippen LogP contribution < -0.4 is 0 Å². The molecule has 0 radical (unpaired) electrons. The van der Waals surface area contributed by atoms with Crippen LogP contribution in [0.4, 0.5) is 0 Å².